The third kappa shape index (κ3) is 2.63. The fourth-order valence-corrected chi connectivity index (χ4v) is 2.75. The molecule has 1 aromatic heterocycles. The van der Waals surface area contributed by atoms with E-state index in [9.17, 15) is 4.79 Å². The molecule has 1 heterocycles. The van der Waals surface area contributed by atoms with Gasteiger partial charge in [0.05, 0.1) is 12.5 Å². The minimum absolute atomic E-state index is 0.182. The Balaban J connectivity index is 2.34. The Kier molecular flexibility index (Phi) is 3.87. The Hall–Kier alpha value is -1.59. The van der Waals surface area contributed by atoms with E-state index in [1.54, 1.807) is 12.1 Å². The van der Waals surface area contributed by atoms with Gasteiger partial charge in [-0.3, -0.25) is 4.79 Å². The molecule has 0 amide bonds. The average Bonchev–Trinajstić information content (AvgIpc) is 2.48. The van der Waals surface area contributed by atoms with E-state index in [-0.39, 0.29) is 11.2 Å². The summed E-state index contributed by atoms with van der Waals surface area (Å²) >= 11 is 6.74. The van der Waals surface area contributed by atoms with Crippen molar-refractivity contribution in [2.45, 2.75) is 0 Å². The summed E-state index contributed by atoms with van der Waals surface area (Å²) in [7, 11) is 1.47. The van der Waals surface area contributed by atoms with Gasteiger partial charge in [0.25, 0.3) is 0 Å². The predicted molar refractivity (Wildman–Crippen MR) is 89.9 cm³/mol. The second-order valence-electron chi connectivity index (χ2n) is 4.44. The number of halogens is 2. The van der Waals surface area contributed by atoms with Crippen LogP contribution < -0.4 is 10.2 Å². The van der Waals surface area contributed by atoms with Crippen molar-refractivity contribution < 1.29 is 9.15 Å². The summed E-state index contributed by atoms with van der Waals surface area (Å²) in [6.45, 7) is 0. The molecule has 3 rings (SSSR count). The summed E-state index contributed by atoms with van der Waals surface area (Å²) in [4.78, 5) is 12.6. The lowest BCUT2D eigenvalue weighted by Gasteiger charge is -2.09. The van der Waals surface area contributed by atoms with Crippen molar-refractivity contribution in [3.8, 4) is 17.1 Å². The number of hydrogen-bond donors (Lipinski definition) is 0. The lowest BCUT2D eigenvalue weighted by Crippen LogP contribution is -2.07. The van der Waals surface area contributed by atoms with Crippen molar-refractivity contribution in [1.29, 1.82) is 0 Å². The molecule has 0 radical (unpaired) electrons. The van der Waals surface area contributed by atoms with E-state index in [0.29, 0.717) is 16.7 Å². The van der Waals surface area contributed by atoms with Crippen LogP contribution in [-0.2, 0) is 0 Å². The number of hydrogen-bond acceptors (Lipinski definition) is 3. The van der Waals surface area contributed by atoms with Crippen LogP contribution in [0.2, 0.25) is 0 Å². The highest BCUT2D eigenvalue weighted by Crippen LogP contribution is 2.32. The lowest BCUT2D eigenvalue weighted by molar-refractivity contribution is 0.398. The van der Waals surface area contributed by atoms with Crippen molar-refractivity contribution in [3.63, 3.8) is 0 Å². The van der Waals surface area contributed by atoms with Gasteiger partial charge in [0.2, 0.25) is 11.2 Å². The van der Waals surface area contributed by atoms with Crippen LogP contribution in [0.25, 0.3) is 22.3 Å². The fourth-order valence-electron chi connectivity index (χ4n) is 2.13. The summed E-state index contributed by atoms with van der Waals surface area (Å²) in [6, 6.07) is 12.9. The third-order valence-electron chi connectivity index (χ3n) is 3.12. The monoisotopic (exact) mass is 408 g/mol. The first kappa shape index (κ1) is 14.4. The molecule has 0 aliphatic carbocycles. The smallest absolute Gasteiger partial charge is 0.235 e. The van der Waals surface area contributed by atoms with Gasteiger partial charge in [0, 0.05) is 14.5 Å². The molecule has 0 saturated carbocycles. The van der Waals surface area contributed by atoms with Gasteiger partial charge < -0.3 is 9.15 Å². The van der Waals surface area contributed by atoms with Gasteiger partial charge in [-0.25, -0.2) is 0 Å². The molecule has 3 nitrogen and oxygen atoms in total. The number of ether oxygens (including phenoxy) is 1. The van der Waals surface area contributed by atoms with Crippen molar-refractivity contribution in [2.75, 3.05) is 7.11 Å². The Bertz CT molecular complexity index is 867. The summed E-state index contributed by atoms with van der Waals surface area (Å²) in [5.74, 6) is 0.646. The standard InChI is InChI=1S/C16H10Br2O3/c1-20-16-14(19)12-8-11(18)6-7-13(12)21-15(16)9-2-4-10(17)5-3-9/h2-8H,1H3. The molecule has 3 aromatic rings. The van der Waals surface area contributed by atoms with Gasteiger partial charge in [0.1, 0.15) is 5.58 Å². The van der Waals surface area contributed by atoms with E-state index in [1.165, 1.54) is 7.11 Å². The predicted octanol–water partition coefficient (Wildman–Crippen LogP) is 4.99. The molecule has 0 aliphatic heterocycles. The quantitative estimate of drug-likeness (QED) is 0.598. The molecule has 0 atom stereocenters. The Morgan fingerprint density at radius 2 is 1.67 bits per heavy atom. The summed E-state index contributed by atoms with van der Waals surface area (Å²) in [6.07, 6.45) is 0. The maximum atomic E-state index is 12.6. The van der Waals surface area contributed by atoms with E-state index in [2.05, 4.69) is 31.9 Å². The Morgan fingerprint density at radius 3 is 2.33 bits per heavy atom. The fraction of sp³-hybridized carbons (Fsp3) is 0.0625. The largest absolute Gasteiger partial charge is 0.490 e. The van der Waals surface area contributed by atoms with Crippen LogP contribution in [0.5, 0.6) is 5.75 Å². The van der Waals surface area contributed by atoms with Crippen molar-refractivity contribution >= 4 is 42.8 Å². The van der Waals surface area contributed by atoms with Gasteiger partial charge in [0.15, 0.2) is 5.76 Å². The molecule has 0 spiro atoms. The number of methoxy groups -OCH3 is 1. The van der Waals surface area contributed by atoms with Gasteiger partial charge in [-0.15, -0.1) is 0 Å². The molecular weight excluding hydrogens is 400 g/mol. The van der Waals surface area contributed by atoms with Crippen LogP contribution in [0.4, 0.5) is 0 Å². The van der Waals surface area contributed by atoms with Crippen LogP contribution in [0, 0.1) is 0 Å². The lowest BCUT2D eigenvalue weighted by atomic mass is 10.1. The van der Waals surface area contributed by atoms with Crippen LogP contribution in [0.15, 0.2) is 60.6 Å². The molecule has 2 aromatic carbocycles. The van der Waals surface area contributed by atoms with Crippen LogP contribution in [-0.4, -0.2) is 7.11 Å². The van der Waals surface area contributed by atoms with E-state index < -0.39 is 0 Å². The average molecular weight is 410 g/mol. The molecule has 21 heavy (non-hydrogen) atoms. The zero-order chi connectivity index (χ0) is 15.0. The first-order valence-corrected chi connectivity index (χ1v) is 7.75. The second-order valence-corrected chi connectivity index (χ2v) is 6.27. The zero-order valence-electron chi connectivity index (χ0n) is 11.0. The maximum absolute atomic E-state index is 12.6. The summed E-state index contributed by atoms with van der Waals surface area (Å²) in [5.41, 5.74) is 1.14. The molecule has 0 saturated heterocycles. The highest BCUT2D eigenvalue weighted by atomic mass is 79.9. The summed E-state index contributed by atoms with van der Waals surface area (Å²) in [5, 5.41) is 0.488. The van der Waals surface area contributed by atoms with Gasteiger partial charge in [-0.05, 0) is 42.5 Å². The Morgan fingerprint density at radius 1 is 1.00 bits per heavy atom. The van der Waals surface area contributed by atoms with E-state index in [4.69, 9.17) is 9.15 Å². The SMILES string of the molecule is COc1c(-c2ccc(Br)cc2)oc2ccc(Br)cc2c1=O. The Labute approximate surface area is 137 Å². The summed E-state index contributed by atoms with van der Waals surface area (Å²) < 4.78 is 12.9. The number of fused-ring (bicyclic) bond motifs is 1. The molecule has 0 unspecified atom stereocenters. The maximum Gasteiger partial charge on any atom is 0.235 e. The molecule has 0 aliphatic rings. The van der Waals surface area contributed by atoms with Gasteiger partial charge in [-0.2, -0.15) is 0 Å². The van der Waals surface area contributed by atoms with Crippen LogP contribution >= 0.6 is 31.9 Å². The first-order valence-electron chi connectivity index (χ1n) is 6.16. The molecular formula is C16H10Br2O3. The molecule has 5 heteroatoms. The highest BCUT2D eigenvalue weighted by molar-refractivity contribution is 9.10. The van der Waals surface area contributed by atoms with Gasteiger partial charge >= 0.3 is 0 Å². The topological polar surface area (TPSA) is 39.4 Å². The van der Waals surface area contributed by atoms with E-state index in [0.717, 1.165) is 14.5 Å². The molecule has 0 bridgehead atoms. The molecule has 0 N–H and O–H groups in total. The minimum Gasteiger partial charge on any atom is -0.490 e. The number of benzene rings is 2. The van der Waals surface area contributed by atoms with Crippen molar-refractivity contribution in [1.82, 2.24) is 0 Å². The first-order chi connectivity index (χ1) is 10.1. The highest BCUT2D eigenvalue weighted by Gasteiger charge is 2.16. The van der Waals surface area contributed by atoms with Gasteiger partial charge in [-0.1, -0.05) is 31.9 Å². The molecule has 106 valence electrons. The van der Waals surface area contributed by atoms with Crippen LogP contribution in [0.3, 0.4) is 0 Å². The van der Waals surface area contributed by atoms with Crippen molar-refractivity contribution in [3.05, 3.63) is 61.6 Å². The third-order valence-corrected chi connectivity index (χ3v) is 4.14. The van der Waals surface area contributed by atoms with Crippen LogP contribution in [0.1, 0.15) is 0 Å². The normalized spacial score (nSPS) is 10.8. The molecule has 0 fully saturated rings. The van der Waals surface area contributed by atoms with E-state index in [1.807, 2.05) is 30.3 Å². The number of rotatable bonds is 2. The second kappa shape index (κ2) is 5.66. The van der Waals surface area contributed by atoms with Crippen molar-refractivity contribution in [2.24, 2.45) is 0 Å². The zero-order valence-corrected chi connectivity index (χ0v) is 14.2. The minimum atomic E-state index is -0.182. The van der Waals surface area contributed by atoms with E-state index >= 15 is 0 Å².